The zero-order chi connectivity index (χ0) is 26.2. The van der Waals surface area contributed by atoms with Gasteiger partial charge in [0.15, 0.2) is 23.2 Å². The van der Waals surface area contributed by atoms with Crippen LogP contribution < -0.4 is 9.47 Å². The highest BCUT2D eigenvalue weighted by Gasteiger charge is 2.29. The van der Waals surface area contributed by atoms with Crippen molar-refractivity contribution in [3.63, 3.8) is 0 Å². The lowest BCUT2D eigenvalue weighted by molar-refractivity contribution is 0.198. The van der Waals surface area contributed by atoms with Gasteiger partial charge < -0.3 is 9.47 Å². The van der Waals surface area contributed by atoms with E-state index < -0.39 is 17.5 Å². The smallest absolute Gasteiger partial charge is 0.168 e. The lowest BCUT2D eigenvalue weighted by Crippen LogP contribution is -2.20. The van der Waals surface area contributed by atoms with Crippen molar-refractivity contribution in [2.45, 2.75) is 103 Å². The molecule has 0 spiro atoms. The van der Waals surface area contributed by atoms with E-state index in [1.54, 1.807) is 12.1 Å². The second-order valence-corrected chi connectivity index (χ2v) is 11.4. The molecule has 2 nitrogen and oxygen atoms in total. The summed E-state index contributed by atoms with van der Waals surface area (Å²) in [5.74, 6) is 0.283. The zero-order valence-electron chi connectivity index (χ0n) is 22.5. The molecule has 4 rings (SSSR count). The topological polar surface area (TPSA) is 18.5 Å². The van der Waals surface area contributed by atoms with Gasteiger partial charge in [0.2, 0.25) is 0 Å². The van der Waals surface area contributed by atoms with Crippen LogP contribution >= 0.6 is 0 Å². The normalized spacial score (nSPS) is 24.1. The van der Waals surface area contributed by atoms with Crippen molar-refractivity contribution < 1.29 is 22.6 Å². The highest BCUT2D eigenvalue weighted by molar-refractivity contribution is 5.33. The summed E-state index contributed by atoms with van der Waals surface area (Å²) in [6.45, 7) is 5.41. The average Bonchev–Trinajstić information content (AvgIpc) is 2.91. The zero-order valence-corrected chi connectivity index (χ0v) is 22.5. The Kier molecular flexibility index (Phi) is 10.2. The predicted molar refractivity (Wildman–Crippen MR) is 143 cm³/mol. The van der Waals surface area contributed by atoms with E-state index in [-0.39, 0.29) is 17.6 Å². The minimum Gasteiger partial charge on any atom is -0.493 e. The van der Waals surface area contributed by atoms with Crippen molar-refractivity contribution in [2.24, 2.45) is 11.8 Å². The van der Waals surface area contributed by atoms with Crippen molar-refractivity contribution in [3.8, 4) is 11.5 Å². The first-order valence-electron chi connectivity index (χ1n) is 14.5. The van der Waals surface area contributed by atoms with E-state index in [9.17, 15) is 4.39 Å². The molecule has 204 valence electrons. The lowest BCUT2D eigenvalue weighted by atomic mass is 9.76. The largest absolute Gasteiger partial charge is 0.493 e. The Morgan fingerprint density at radius 1 is 0.730 bits per heavy atom. The van der Waals surface area contributed by atoms with Crippen LogP contribution in [0, 0.1) is 29.3 Å². The van der Waals surface area contributed by atoms with Crippen LogP contribution in [0.1, 0.15) is 114 Å². The summed E-state index contributed by atoms with van der Waals surface area (Å²) in [4.78, 5) is 0. The molecule has 0 bridgehead atoms. The maximum absolute atomic E-state index is 15.1. The van der Waals surface area contributed by atoms with Crippen LogP contribution in [0.2, 0.25) is 0 Å². The summed E-state index contributed by atoms with van der Waals surface area (Å²) < 4.78 is 56.0. The molecule has 0 heterocycles. The Morgan fingerprint density at radius 2 is 1.35 bits per heavy atom. The third kappa shape index (κ3) is 7.45. The standard InChI is InChI=1S/C32H43F3O2/c1-3-4-5-6-19-36-30-18-15-26(20-29(30)33)37-21-23-9-13-25(14-10-23)28-17-16-27(31(34)32(28)35)24-11-7-22(2)8-12-24/h15-18,20,22-25H,3-14,19,21H2,1-2H3. The molecule has 37 heavy (non-hydrogen) atoms. The van der Waals surface area contributed by atoms with Crippen LogP contribution in [0.15, 0.2) is 30.3 Å². The molecule has 2 aliphatic rings. The number of rotatable bonds is 11. The molecule has 2 aromatic carbocycles. The van der Waals surface area contributed by atoms with Gasteiger partial charge in [-0.05, 0) is 91.9 Å². The first-order chi connectivity index (χ1) is 18.0. The first kappa shape index (κ1) is 27.9. The summed E-state index contributed by atoms with van der Waals surface area (Å²) in [5.41, 5.74) is 1.09. The number of hydrogen-bond donors (Lipinski definition) is 0. The fourth-order valence-electron chi connectivity index (χ4n) is 6.03. The summed E-state index contributed by atoms with van der Waals surface area (Å²) >= 11 is 0. The van der Waals surface area contributed by atoms with Gasteiger partial charge in [0.1, 0.15) is 5.75 Å². The molecular formula is C32H43F3O2. The molecule has 0 unspecified atom stereocenters. The lowest BCUT2D eigenvalue weighted by Gasteiger charge is -2.30. The molecule has 2 saturated carbocycles. The molecular weight excluding hydrogens is 473 g/mol. The van der Waals surface area contributed by atoms with E-state index in [0.717, 1.165) is 70.6 Å². The Hall–Kier alpha value is -2.17. The van der Waals surface area contributed by atoms with Crippen molar-refractivity contribution in [1.29, 1.82) is 0 Å². The van der Waals surface area contributed by atoms with Gasteiger partial charge in [-0.15, -0.1) is 0 Å². The minimum absolute atomic E-state index is 0.0392. The molecule has 0 radical (unpaired) electrons. The van der Waals surface area contributed by atoms with E-state index in [4.69, 9.17) is 9.47 Å². The van der Waals surface area contributed by atoms with Crippen LogP contribution in [0.3, 0.4) is 0 Å². The second kappa shape index (κ2) is 13.6. The van der Waals surface area contributed by atoms with Gasteiger partial charge in [-0.3, -0.25) is 0 Å². The van der Waals surface area contributed by atoms with Crippen LogP contribution in [-0.2, 0) is 0 Å². The molecule has 0 aliphatic heterocycles. The predicted octanol–water partition coefficient (Wildman–Crippen LogP) is 9.71. The van der Waals surface area contributed by atoms with Gasteiger partial charge in [0, 0.05) is 6.07 Å². The van der Waals surface area contributed by atoms with Crippen molar-refractivity contribution in [1.82, 2.24) is 0 Å². The van der Waals surface area contributed by atoms with Crippen LogP contribution in [0.5, 0.6) is 11.5 Å². The van der Waals surface area contributed by atoms with Gasteiger partial charge >= 0.3 is 0 Å². The molecule has 2 fully saturated rings. The summed E-state index contributed by atoms with van der Waals surface area (Å²) in [6, 6.07) is 8.46. The van der Waals surface area contributed by atoms with Crippen LogP contribution in [0.25, 0.3) is 0 Å². The second-order valence-electron chi connectivity index (χ2n) is 11.4. The monoisotopic (exact) mass is 516 g/mol. The van der Waals surface area contributed by atoms with Crippen LogP contribution in [0.4, 0.5) is 13.2 Å². The number of halogens is 3. The summed E-state index contributed by atoms with van der Waals surface area (Å²) in [7, 11) is 0. The number of ether oxygens (including phenoxy) is 2. The van der Waals surface area contributed by atoms with Gasteiger partial charge in [0.05, 0.1) is 13.2 Å². The fourth-order valence-corrected chi connectivity index (χ4v) is 6.03. The third-order valence-electron chi connectivity index (χ3n) is 8.53. The van der Waals surface area contributed by atoms with Crippen molar-refractivity contribution in [2.75, 3.05) is 13.2 Å². The Bertz CT molecular complexity index is 992. The highest BCUT2D eigenvalue weighted by Crippen LogP contribution is 2.41. The molecule has 0 saturated heterocycles. The van der Waals surface area contributed by atoms with E-state index in [0.29, 0.717) is 41.9 Å². The Balaban J connectivity index is 1.24. The molecule has 0 atom stereocenters. The van der Waals surface area contributed by atoms with E-state index in [1.807, 2.05) is 12.1 Å². The maximum atomic E-state index is 15.1. The minimum atomic E-state index is -0.640. The van der Waals surface area contributed by atoms with E-state index in [2.05, 4.69) is 13.8 Å². The Labute approximate surface area is 220 Å². The SMILES string of the molecule is CCCCCCOc1ccc(OCC2CCC(c3ccc(C4CCC(C)CC4)c(F)c3F)CC2)cc1F. The molecule has 0 amide bonds. The van der Waals surface area contributed by atoms with Gasteiger partial charge in [-0.2, -0.15) is 0 Å². The number of hydrogen-bond acceptors (Lipinski definition) is 2. The van der Waals surface area contributed by atoms with Crippen molar-refractivity contribution in [3.05, 3.63) is 58.9 Å². The fraction of sp³-hybridized carbons (Fsp3) is 0.625. The van der Waals surface area contributed by atoms with Gasteiger partial charge in [-0.1, -0.05) is 58.1 Å². The molecule has 0 aromatic heterocycles. The summed E-state index contributed by atoms with van der Waals surface area (Å²) in [5, 5.41) is 0. The van der Waals surface area contributed by atoms with Gasteiger partial charge in [0.25, 0.3) is 0 Å². The van der Waals surface area contributed by atoms with Crippen LogP contribution in [-0.4, -0.2) is 13.2 Å². The first-order valence-corrected chi connectivity index (χ1v) is 14.5. The third-order valence-corrected chi connectivity index (χ3v) is 8.53. The molecule has 5 heteroatoms. The average molecular weight is 517 g/mol. The molecule has 2 aliphatic carbocycles. The van der Waals surface area contributed by atoms with Gasteiger partial charge in [-0.25, -0.2) is 13.2 Å². The molecule has 0 N–H and O–H groups in total. The van der Waals surface area contributed by atoms with E-state index in [1.165, 1.54) is 12.5 Å². The highest BCUT2D eigenvalue weighted by atomic mass is 19.2. The summed E-state index contributed by atoms with van der Waals surface area (Å²) in [6.07, 6.45) is 11.8. The van der Waals surface area contributed by atoms with Crippen molar-refractivity contribution >= 4 is 0 Å². The Morgan fingerprint density at radius 3 is 1.95 bits per heavy atom. The molecule has 2 aromatic rings. The van der Waals surface area contributed by atoms with E-state index >= 15 is 8.78 Å². The quantitative estimate of drug-likeness (QED) is 0.277. The number of benzene rings is 2. The maximum Gasteiger partial charge on any atom is 0.168 e. The number of unbranched alkanes of at least 4 members (excludes halogenated alkanes) is 3.